The van der Waals surface area contributed by atoms with Gasteiger partial charge in [0.1, 0.15) is 0 Å². The summed E-state index contributed by atoms with van der Waals surface area (Å²) in [7, 11) is -1.16. The second-order valence-corrected chi connectivity index (χ2v) is 11.9. The van der Waals surface area contributed by atoms with E-state index < -0.39 is 9.84 Å². The molecule has 2 aromatic rings. The van der Waals surface area contributed by atoms with E-state index in [9.17, 15) is 13.2 Å². The molecule has 0 aromatic heterocycles. The topological polar surface area (TPSA) is 70.1 Å². The Labute approximate surface area is 201 Å². The zero-order valence-corrected chi connectivity index (χ0v) is 20.3. The van der Waals surface area contributed by atoms with Crippen LogP contribution < -0.4 is 0 Å². The first kappa shape index (κ1) is 23.0. The van der Waals surface area contributed by atoms with Crippen molar-refractivity contribution in [2.45, 2.75) is 37.8 Å². The van der Waals surface area contributed by atoms with E-state index in [4.69, 9.17) is 5.10 Å². The van der Waals surface area contributed by atoms with E-state index in [0.29, 0.717) is 6.42 Å². The van der Waals surface area contributed by atoms with E-state index in [1.807, 2.05) is 48.3 Å². The molecule has 0 N–H and O–H groups in total. The number of rotatable bonds is 5. The number of nitrogens with zero attached hydrogens (tertiary/aromatic N) is 3. The fraction of sp³-hybridized carbons (Fsp3) is 0.407. The molecule has 2 heterocycles. The van der Waals surface area contributed by atoms with Gasteiger partial charge in [0.25, 0.3) is 5.91 Å². The average Bonchev–Trinajstić information content (AvgIpc) is 3.41. The lowest BCUT2D eigenvalue weighted by Gasteiger charge is -2.31. The third kappa shape index (κ3) is 4.72. The molecule has 1 saturated heterocycles. The van der Waals surface area contributed by atoms with Crippen LogP contribution in [-0.4, -0.2) is 61.1 Å². The molecule has 1 saturated carbocycles. The summed E-state index contributed by atoms with van der Waals surface area (Å²) in [6, 6.07) is 20.2. The molecule has 2 fully saturated rings. The van der Waals surface area contributed by atoms with Gasteiger partial charge in [-0.3, -0.25) is 9.69 Å². The second kappa shape index (κ2) is 9.47. The van der Waals surface area contributed by atoms with E-state index in [1.165, 1.54) is 5.57 Å². The van der Waals surface area contributed by atoms with Crippen LogP contribution in [0.3, 0.4) is 0 Å². The van der Waals surface area contributed by atoms with E-state index >= 15 is 0 Å². The largest absolute Gasteiger partial charge is 0.293 e. The Morgan fingerprint density at radius 2 is 1.79 bits per heavy atom. The number of hydrogen-bond acceptors (Lipinski definition) is 5. The molecular formula is C27H31N3O3S. The Hall–Kier alpha value is -2.77. The monoisotopic (exact) mass is 477 g/mol. The molecule has 0 spiro atoms. The Kier molecular flexibility index (Phi) is 6.40. The molecule has 2 aromatic carbocycles. The van der Waals surface area contributed by atoms with E-state index in [2.05, 4.69) is 30.3 Å². The molecule has 2 aliphatic heterocycles. The molecule has 1 aliphatic carbocycles. The van der Waals surface area contributed by atoms with Crippen LogP contribution in [0.5, 0.6) is 0 Å². The zero-order valence-electron chi connectivity index (χ0n) is 19.5. The van der Waals surface area contributed by atoms with Gasteiger partial charge in [0.2, 0.25) is 0 Å². The van der Waals surface area contributed by atoms with Gasteiger partial charge in [0, 0.05) is 12.0 Å². The third-order valence-corrected chi connectivity index (χ3v) is 9.01. The lowest BCUT2D eigenvalue weighted by molar-refractivity contribution is -0.135. The molecule has 7 heteroatoms. The molecule has 34 heavy (non-hydrogen) atoms. The van der Waals surface area contributed by atoms with Crippen molar-refractivity contribution >= 4 is 27.5 Å². The maximum atomic E-state index is 13.6. The van der Waals surface area contributed by atoms with Gasteiger partial charge >= 0.3 is 0 Å². The standard InChI is InChI=1S/C27H31N3O3S/c1-29(23-15-16-34(32,33)19-23)18-25(31)30-27(21-11-6-3-7-12-21)24-14-8-13-22(26(24)28-30)17-20-9-4-2-5-10-20/h2-7,9-12,17,23-24,27H,8,13-16,18-19H2,1H3/b22-17-. The van der Waals surface area contributed by atoms with Crippen LogP contribution in [0.15, 0.2) is 71.3 Å². The summed E-state index contributed by atoms with van der Waals surface area (Å²) >= 11 is 0. The Balaban J connectivity index is 1.45. The van der Waals surface area contributed by atoms with Gasteiger partial charge in [-0.05, 0) is 55.5 Å². The Morgan fingerprint density at radius 3 is 2.47 bits per heavy atom. The van der Waals surface area contributed by atoms with Gasteiger partial charge in [0.05, 0.1) is 29.8 Å². The first-order valence-electron chi connectivity index (χ1n) is 12.0. The first-order chi connectivity index (χ1) is 16.4. The Morgan fingerprint density at radius 1 is 1.09 bits per heavy atom. The van der Waals surface area contributed by atoms with E-state index in [0.717, 1.165) is 36.1 Å². The minimum Gasteiger partial charge on any atom is -0.293 e. The first-order valence-corrected chi connectivity index (χ1v) is 13.9. The fourth-order valence-corrected chi connectivity index (χ4v) is 7.28. The molecule has 178 valence electrons. The zero-order chi connectivity index (χ0) is 23.7. The number of carbonyl (C=O) groups excluding carboxylic acids is 1. The number of allylic oxidation sites excluding steroid dienone is 1. The van der Waals surface area contributed by atoms with Crippen molar-refractivity contribution in [1.29, 1.82) is 0 Å². The highest BCUT2D eigenvalue weighted by Crippen LogP contribution is 2.44. The minimum absolute atomic E-state index is 0.0818. The summed E-state index contributed by atoms with van der Waals surface area (Å²) in [5.41, 5.74) is 4.45. The summed E-state index contributed by atoms with van der Waals surface area (Å²) < 4.78 is 23.9. The second-order valence-electron chi connectivity index (χ2n) is 9.63. The number of hydrogen-bond donors (Lipinski definition) is 0. The molecule has 1 amide bonds. The number of likely N-dealkylation sites (N-methyl/N-ethyl adjacent to an activating group) is 1. The lowest BCUT2D eigenvalue weighted by Crippen LogP contribution is -2.42. The number of carbonyl (C=O) groups is 1. The van der Waals surface area contributed by atoms with Crippen LogP contribution in [0.1, 0.15) is 42.9 Å². The molecule has 3 unspecified atom stereocenters. The predicted molar refractivity (Wildman–Crippen MR) is 135 cm³/mol. The highest BCUT2D eigenvalue weighted by molar-refractivity contribution is 7.91. The number of fused-ring (bicyclic) bond motifs is 1. The number of sulfone groups is 1. The number of hydrazone groups is 1. The van der Waals surface area contributed by atoms with Gasteiger partial charge in [-0.15, -0.1) is 0 Å². The summed E-state index contributed by atoms with van der Waals surface area (Å²) in [4.78, 5) is 15.5. The van der Waals surface area contributed by atoms with Crippen LogP contribution in [0.2, 0.25) is 0 Å². The van der Waals surface area contributed by atoms with Crippen molar-refractivity contribution in [2.75, 3.05) is 25.1 Å². The third-order valence-electron chi connectivity index (χ3n) is 7.26. The number of benzene rings is 2. The van der Waals surface area contributed by atoms with Gasteiger partial charge in [-0.2, -0.15) is 5.10 Å². The molecule has 3 aliphatic rings. The molecule has 0 radical (unpaired) electrons. The van der Waals surface area contributed by atoms with Crippen molar-refractivity contribution in [1.82, 2.24) is 9.91 Å². The van der Waals surface area contributed by atoms with Crippen LogP contribution in [0, 0.1) is 5.92 Å². The lowest BCUT2D eigenvalue weighted by atomic mass is 9.77. The van der Waals surface area contributed by atoms with Crippen molar-refractivity contribution in [3.05, 3.63) is 77.4 Å². The minimum atomic E-state index is -3.00. The van der Waals surface area contributed by atoms with Crippen LogP contribution in [-0.2, 0) is 14.6 Å². The van der Waals surface area contributed by atoms with Gasteiger partial charge in [-0.25, -0.2) is 13.4 Å². The summed E-state index contributed by atoms with van der Waals surface area (Å²) in [5.74, 6) is 0.402. The van der Waals surface area contributed by atoms with E-state index in [1.54, 1.807) is 5.01 Å². The van der Waals surface area contributed by atoms with Crippen molar-refractivity contribution in [2.24, 2.45) is 11.0 Å². The average molecular weight is 478 g/mol. The quantitative estimate of drug-likeness (QED) is 0.654. The number of amides is 1. The summed E-state index contributed by atoms with van der Waals surface area (Å²) in [6.07, 6.45) is 5.79. The molecule has 5 rings (SSSR count). The SMILES string of the molecule is CN(CC(=O)N1N=C2/C(=C\c3ccccc3)CCCC2C1c1ccccc1)C1CCS(=O)(=O)C1. The van der Waals surface area contributed by atoms with Crippen LogP contribution in [0.4, 0.5) is 0 Å². The fourth-order valence-electron chi connectivity index (χ4n) is 5.48. The summed E-state index contributed by atoms with van der Waals surface area (Å²) in [6.45, 7) is 0.157. The van der Waals surface area contributed by atoms with Crippen molar-refractivity contribution in [3.63, 3.8) is 0 Å². The molecular weight excluding hydrogens is 446 g/mol. The van der Waals surface area contributed by atoms with Gasteiger partial charge in [0.15, 0.2) is 9.84 Å². The highest BCUT2D eigenvalue weighted by atomic mass is 32.2. The normalized spacial score (nSPS) is 27.1. The predicted octanol–water partition coefficient (Wildman–Crippen LogP) is 3.93. The smallest absolute Gasteiger partial charge is 0.257 e. The van der Waals surface area contributed by atoms with Crippen molar-refractivity contribution in [3.8, 4) is 0 Å². The molecule has 6 nitrogen and oxygen atoms in total. The van der Waals surface area contributed by atoms with Crippen LogP contribution >= 0.6 is 0 Å². The molecule has 3 atom stereocenters. The van der Waals surface area contributed by atoms with Gasteiger partial charge in [-0.1, -0.05) is 60.7 Å². The molecule has 0 bridgehead atoms. The maximum Gasteiger partial charge on any atom is 0.257 e. The summed E-state index contributed by atoms with van der Waals surface area (Å²) in [5, 5.41) is 6.62. The van der Waals surface area contributed by atoms with Gasteiger partial charge < -0.3 is 0 Å². The Bertz CT molecular complexity index is 1210. The van der Waals surface area contributed by atoms with Crippen molar-refractivity contribution < 1.29 is 13.2 Å². The maximum absolute atomic E-state index is 13.6. The van der Waals surface area contributed by atoms with E-state index in [-0.39, 0.29) is 42.0 Å². The van der Waals surface area contributed by atoms with Crippen LogP contribution in [0.25, 0.3) is 6.08 Å². The highest BCUT2D eigenvalue weighted by Gasteiger charge is 2.44.